The smallest absolute Gasteiger partial charge is 0.354 e. The van der Waals surface area contributed by atoms with Gasteiger partial charge in [0.25, 0.3) is 0 Å². The quantitative estimate of drug-likeness (QED) is 0.731. The number of rotatable bonds is 3. The fourth-order valence-electron chi connectivity index (χ4n) is 3.20. The molecular weight excluding hydrogens is 351 g/mol. The average Bonchev–Trinajstić information content (AvgIpc) is 3.21. The highest BCUT2D eigenvalue weighted by Crippen LogP contribution is 2.30. The molecule has 1 unspecified atom stereocenters. The lowest BCUT2D eigenvalue weighted by Crippen LogP contribution is -2.39. The first kappa shape index (κ1) is 16.5. The molecule has 0 spiro atoms. The van der Waals surface area contributed by atoms with Gasteiger partial charge in [0.1, 0.15) is 18.6 Å². The number of halogens is 3. The zero-order chi connectivity index (χ0) is 18.3. The van der Waals surface area contributed by atoms with Gasteiger partial charge >= 0.3 is 6.18 Å². The summed E-state index contributed by atoms with van der Waals surface area (Å²) in [4.78, 5) is 24.9. The van der Waals surface area contributed by atoms with Gasteiger partial charge in [-0.3, -0.25) is 4.79 Å². The molecule has 136 valence electrons. The topological polar surface area (TPSA) is 99.7 Å². The van der Waals surface area contributed by atoms with Crippen LogP contribution in [0.15, 0.2) is 18.6 Å². The molecule has 1 fully saturated rings. The second kappa shape index (κ2) is 6.07. The van der Waals surface area contributed by atoms with E-state index >= 15 is 0 Å². The molecular formula is C15H14F3N7O. The molecule has 0 bridgehead atoms. The van der Waals surface area contributed by atoms with Crippen LogP contribution in [-0.4, -0.2) is 56.4 Å². The fourth-order valence-corrected chi connectivity index (χ4v) is 3.20. The number of anilines is 1. The van der Waals surface area contributed by atoms with E-state index in [1.165, 1.54) is 6.33 Å². The summed E-state index contributed by atoms with van der Waals surface area (Å²) in [6, 6.07) is 1.48. The van der Waals surface area contributed by atoms with Gasteiger partial charge in [0.05, 0.1) is 5.39 Å². The number of nitrogens with zero attached hydrogens (tertiary/aromatic N) is 5. The van der Waals surface area contributed by atoms with Gasteiger partial charge < -0.3 is 15.2 Å². The van der Waals surface area contributed by atoms with Crippen LogP contribution < -0.4 is 10.2 Å². The Morgan fingerprint density at radius 2 is 2.19 bits per heavy atom. The molecule has 0 aliphatic carbocycles. The molecule has 11 heteroatoms. The van der Waals surface area contributed by atoms with Gasteiger partial charge in [-0.05, 0) is 12.5 Å². The van der Waals surface area contributed by atoms with E-state index in [0.29, 0.717) is 36.6 Å². The minimum absolute atomic E-state index is 0.365. The SMILES string of the molecule is O=C(CC(F)(F)F)NC1CCN(c2ncnc3nnc4[nH]ccc4c23)C1. The van der Waals surface area contributed by atoms with Crippen molar-refractivity contribution in [3.8, 4) is 0 Å². The van der Waals surface area contributed by atoms with Crippen molar-refractivity contribution in [2.75, 3.05) is 18.0 Å². The molecule has 0 radical (unpaired) electrons. The maximum atomic E-state index is 12.3. The largest absolute Gasteiger partial charge is 0.397 e. The Morgan fingerprint density at radius 3 is 3.00 bits per heavy atom. The number of aromatic amines is 1. The summed E-state index contributed by atoms with van der Waals surface area (Å²) in [6.07, 6.45) is -2.34. The van der Waals surface area contributed by atoms with Crippen LogP contribution in [-0.2, 0) is 4.79 Å². The Balaban J connectivity index is 1.58. The zero-order valence-corrected chi connectivity index (χ0v) is 13.4. The lowest BCUT2D eigenvalue weighted by atomic mass is 10.2. The molecule has 0 aromatic carbocycles. The molecule has 1 atom stereocenters. The molecule has 1 aliphatic heterocycles. The van der Waals surface area contributed by atoms with Crippen molar-refractivity contribution >= 4 is 33.8 Å². The van der Waals surface area contributed by atoms with Gasteiger partial charge in [-0.1, -0.05) is 0 Å². The first-order valence-electron chi connectivity index (χ1n) is 7.96. The van der Waals surface area contributed by atoms with Crippen molar-refractivity contribution in [1.29, 1.82) is 0 Å². The lowest BCUT2D eigenvalue weighted by molar-refractivity contribution is -0.154. The molecule has 4 heterocycles. The van der Waals surface area contributed by atoms with Crippen molar-refractivity contribution in [1.82, 2.24) is 30.5 Å². The van der Waals surface area contributed by atoms with E-state index < -0.39 is 18.5 Å². The van der Waals surface area contributed by atoms with Crippen LogP contribution in [0.4, 0.5) is 19.0 Å². The molecule has 1 saturated heterocycles. The highest BCUT2D eigenvalue weighted by molar-refractivity contribution is 6.07. The number of carbonyl (C=O) groups is 1. The minimum Gasteiger partial charge on any atom is -0.354 e. The number of hydrogen-bond donors (Lipinski definition) is 2. The van der Waals surface area contributed by atoms with Crippen molar-refractivity contribution < 1.29 is 18.0 Å². The summed E-state index contributed by atoms with van der Waals surface area (Å²) in [7, 11) is 0. The maximum absolute atomic E-state index is 12.3. The summed E-state index contributed by atoms with van der Waals surface area (Å²) >= 11 is 0. The van der Waals surface area contributed by atoms with Crippen LogP contribution in [0.5, 0.6) is 0 Å². The normalized spacial score (nSPS) is 18.0. The third-order valence-electron chi connectivity index (χ3n) is 4.26. The van der Waals surface area contributed by atoms with Crippen LogP contribution in [0, 0.1) is 0 Å². The van der Waals surface area contributed by atoms with Crippen LogP contribution in [0.2, 0.25) is 0 Å². The van der Waals surface area contributed by atoms with E-state index in [1.807, 2.05) is 11.0 Å². The van der Waals surface area contributed by atoms with Gasteiger partial charge in [-0.2, -0.15) is 13.2 Å². The summed E-state index contributed by atoms with van der Waals surface area (Å²) in [5.74, 6) is -0.391. The molecule has 1 amide bonds. The Kier molecular flexibility index (Phi) is 3.85. The van der Waals surface area contributed by atoms with E-state index in [-0.39, 0.29) is 6.04 Å². The van der Waals surface area contributed by atoms with Gasteiger partial charge in [0.15, 0.2) is 11.3 Å². The van der Waals surface area contributed by atoms with Crippen molar-refractivity contribution in [2.24, 2.45) is 0 Å². The van der Waals surface area contributed by atoms with Crippen LogP contribution in [0.25, 0.3) is 22.1 Å². The monoisotopic (exact) mass is 365 g/mol. The first-order valence-corrected chi connectivity index (χ1v) is 7.96. The molecule has 0 saturated carbocycles. The van der Waals surface area contributed by atoms with E-state index in [2.05, 4.69) is 30.5 Å². The second-order valence-corrected chi connectivity index (χ2v) is 6.13. The number of alkyl halides is 3. The summed E-state index contributed by atoms with van der Waals surface area (Å²) < 4.78 is 36.9. The average molecular weight is 365 g/mol. The molecule has 26 heavy (non-hydrogen) atoms. The van der Waals surface area contributed by atoms with Gasteiger partial charge in [0.2, 0.25) is 5.91 Å². The Morgan fingerprint density at radius 1 is 1.35 bits per heavy atom. The van der Waals surface area contributed by atoms with E-state index in [0.717, 1.165) is 10.8 Å². The lowest BCUT2D eigenvalue weighted by Gasteiger charge is -2.19. The number of fused-ring (bicyclic) bond motifs is 3. The Bertz CT molecular complexity index is 971. The number of aromatic nitrogens is 5. The number of carbonyl (C=O) groups excluding carboxylic acids is 1. The molecule has 8 nitrogen and oxygen atoms in total. The number of amides is 1. The molecule has 4 rings (SSSR count). The molecule has 2 N–H and O–H groups in total. The van der Waals surface area contributed by atoms with Crippen molar-refractivity contribution in [3.63, 3.8) is 0 Å². The third-order valence-corrected chi connectivity index (χ3v) is 4.26. The van der Waals surface area contributed by atoms with Gasteiger partial charge in [-0.25, -0.2) is 9.97 Å². The first-order chi connectivity index (χ1) is 12.4. The van der Waals surface area contributed by atoms with Gasteiger partial charge in [-0.15, -0.1) is 10.2 Å². The third kappa shape index (κ3) is 3.11. The Hall–Kier alpha value is -2.98. The highest BCUT2D eigenvalue weighted by atomic mass is 19.4. The van der Waals surface area contributed by atoms with E-state index in [9.17, 15) is 18.0 Å². The maximum Gasteiger partial charge on any atom is 0.397 e. The summed E-state index contributed by atoms with van der Waals surface area (Å²) in [5.41, 5.74) is 1.04. The second-order valence-electron chi connectivity index (χ2n) is 6.13. The fraction of sp³-hybridized carbons (Fsp3) is 0.400. The summed E-state index contributed by atoms with van der Waals surface area (Å²) in [6.45, 7) is 0.918. The van der Waals surface area contributed by atoms with Crippen molar-refractivity contribution in [3.05, 3.63) is 18.6 Å². The van der Waals surface area contributed by atoms with Crippen LogP contribution >= 0.6 is 0 Å². The summed E-state index contributed by atoms with van der Waals surface area (Å²) in [5, 5.41) is 12.1. The Labute approximate surface area is 144 Å². The predicted molar refractivity (Wildman–Crippen MR) is 86.4 cm³/mol. The van der Waals surface area contributed by atoms with Crippen LogP contribution in [0.1, 0.15) is 12.8 Å². The zero-order valence-electron chi connectivity index (χ0n) is 13.4. The van der Waals surface area contributed by atoms with Crippen LogP contribution in [0.3, 0.4) is 0 Å². The van der Waals surface area contributed by atoms with E-state index in [1.54, 1.807) is 6.20 Å². The standard InChI is InChI=1S/C15H14F3N7O/c16-15(17,18)5-10(26)22-8-2-4-25(6-8)14-11-9-1-3-19-12(9)23-24-13(11)20-7-21-14/h1,3,7-8H,2,4-6H2,(H,19,23)(H,22,26). The molecule has 3 aromatic heterocycles. The van der Waals surface area contributed by atoms with Crippen molar-refractivity contribution in [2.45, 2.75) is 25.1 Å². The van der Waals surface area contributed by atoms with Gasteiger partial charge in [0, 0.05) is 30.7 Å². The minimum atomic E-state index is -4.51. The van der Waals surface area contributed by atoms with E-state index in [4.69, 9.17) is 0 Å². The molecule has 1 aliphatic rings. The highest BCUT2D eigenvalue weighted by Gasteiger charge is 2.33. The number of H-pyrrole nitrogens is 1. The molecule has 3 aromatic rings. The predicted octanol–water partition coefficient (Wildman–Crippen LogP) is 1.55. The number of nitrogens with one attached hydrogen (secondary N) is 2. The number of hydrogen-bond acceptors (Lipinski definition) is 6.